The summed E-state index contributed by atoms with van der Waals surface area (Å²) < 4.78 is 5.11. The maximum absolute atomic E-state index is 12.0. The number of carbonyl (C=O) groups excluding carboxylic acids is 2. The number of ether oxygens (including phenoxy) is 1. The van der Waals surface area contributed by atoms with Crippen LogP contribution in [-0.4, -0.2) is 35.0 Å². The fourth-order valence-electron chi connectivity index (χ4n) is 1.89. The van der Waals surface area contributed by atoms with Gasteiger partial charge in [0.05, 0.1) is 4.92 Å². The van der Waals surface area contributed by atoms with Crippen molar-refractivity contribution in [3.8, 4) is 0 Å². The Hall–Kier alpha value is -2.84. The van der Waals surface area contributed by atoms with Crippen LogP contribution in [0.25, 0.3) is 5.53 Å². The van der Waals surface area contributed by atoms with E-state index in [1.54, 1.807) is 25.9 Å². The fraction of sp³-hybridized carbons (Fsp3) is 0.467. The van der Waals surface area contributed by atoms with Crippen LogP contribution in [0.1, 0.15) is 26.3 Å². The number of nitrogens with zero attached hydrogens (tertiary/aromatic N) is 2. The van der Waals surface area contributed by atoms with Gasteiger partial charge in [0.1, 0.15) is 11.6 Å². The minimum Gasteiger partial charge on any atom is -0.508 e. The summed E-state index contributed by atoms with van der Waals surface area (Å²) >= 11 is 0. The van der Waals surface area contributed by atoms with E-state index in [0.29, 0.717) is 5.56 Å². The zero-order chi connectivity index (χ0) is 18.3. The third-order valence-corrected chi connectivity index (χ3v) is 2.92. The number of nitro benzene ring substituents is 1. The van der Waals surface area contributed by atoms with Crippen molar-refractivity contribution in [1.29, 1.82) is 0 Å². The monoisotopic (exact) mass is 336 g/mol. The highest BCUT2D eigenvalue weighted by Crippen LogP contribution is 2.14. The molecule has 9 nitrogen and oxygen atoms in total. The molecule has 0 aromatic heterocycles. The molecule has 0 unspecified atom stereocenters. The topological polar surface area (TPSA) is 135 Å². The molecule has 0 radical (unpaired) electrons. The van der Waals surface area contributed by atoms with Crippen molar-refractivity contribution in [2.24, 2.45) is 0 Å². The van der Waals surface area contributed by atoms with E-state index in [2.05, 4.69) is 5.32 Å². The summed E-state index contributed by atoms with van der Waals surface area (Å²) in [6.45, 7) is 4.71. The molecule has 0 aliphatic carbocycles. The molecule has 0 bridgehead atoms. The maximum Gasteiger partial charge on any atom is 0.408 e. The number of carbonyl (C=O) groups is 2. The van der Waals surface area contributed by atoms with Crippen molar-refractivity contribution in [1.82, 2.24) is 5.32 Å². The van der Waals surface area contributed by atoms with Gasteiger partial charge in [-0.25, -0.2) is 4.79 Å². The molecule has 1 atom stereocenters. The number of nitro groups is 1. The zero-order valence-electron chi connectivity index (χ0n) is 13.7. The molecule has 0 aliphatic heterocycles. The maximum atomic E-state index is 12.0. The Labute approximate surface area is 139 Å². The molecule has 1 rings (SSSR count). The Morgan fingerprint density at radius 3 is 2.38 bits per heavy atom. The van der Waals surface area contributed by atoms with E-state index < -0.39 is 28.4 Å². The Morgan fingerprint density at radius 1 is 1.33 bits per heavy atom. The minimum absolute atomic E-state index is 0.0706. The highest BCUT2D eigenvalue weighted by Gasteiger charge is 2.25. The van der Waals surface area contributed by atoms with Crippen LogP contribution in [0.3, 0.4) is 0 Å². The van der Waals surface area contributed by atoms with Crippen molar-refractivity contribution in [3.05, 3.63) is 45.5 Å². The lowest BCUT2D eigenvalue weighted by molar-refractivity contribution is -0.467. The Balaban J connectivity index is 2.85. The Morgan fingerprint density at radius 2 is 1.92 bits per heavy atom. The van der Waals surface area contributed by atoms with Gasteiger partial charge in [-0.15, -0.1) is 0 Å². The summed E-state index contributed by atoms with van der Waals surface area (Å²) in [6.07, 6.45) is -0.654. The largest absolute Gasteiger partial charge is 0.508 e. The van der Waals surface area contributed by atoms with E-state index >= 15 is 0 Å². The van der Waals surface area contributed by atoms with Crippen LogP contribution in [0.4, 0.5) is 10.5 Å². The summed E-state index contributed by atoms with van der Waals surface area (Å²) in [5.74, 6) is -0.457. The molecule has 0 fully saturated rings. The molecule has 130 valence electrons. The molecule has 9 heteroatoms. The fourth-order valence-corrected chi connectivity index (χ4v) is 1.89. The van der Waals surface area contributed by atoms with Gasteiger partial charge in [-0.05, 0) is 26.3 Å². The molecule has 0 heterocycles. The average molecular weight is 336 g/mol. The smallest absolute Gasteiger partial charge is 0.408 e. The summed E-state index contributed by atoms with van der Waals surface area (Å²) in [4.78, 5) is 34.0. The van der Waals surface area contributed by atoms with Crippen LogP contribution in [0.5, 0.6) is 0 Å². The van der Waals surface area contributed by atoms with E-state index in [1.807, 2.05) is 0 Å². The summed E-state index contributed by atoms with van der Waals surface area (Å²) in [6, 6.07) is 4.69. The van der Waals surface area contributed by atoms with Gasteiger partial charge in [0.2, 0.25) is 5.78 Å². The molecule has 1 amide bonds. The van der Waals surface area contributed by atoms with Crippen molar-refractivity contribution in [2.45, 2.75) is 38.8 Å². The Kier molecular flexibility index (Phi) is 6.51. The van der Waals surface area contributed by atoms with E-state index in [0.717, 1.165) is 0 Å². The SMILES string of the molecule is CC(C)(C)OC(=O)N[C@@H](Cc1ccc([N+](=O)[O-])cc1)C(=O)C[NH+]=[N-]. The first-order chi connectivity index (χ1) is 11.1. The van der Waals surface area contributed by atoms with Crippen LogP contribution in [-0.2, 0) is 16.0 Å². The van der Waals surface area contributed by atoms with Crippen molar-refractivity contribution < 1.29 is 24.4 Å². The van der Waals surface area contributed by atoms with Gasteiger partial charge in [-0.3, -0.25) is 14.9 Å². The lowest BCUT2D eigenvalue weighted by atomic mass is 10.0. The van der Waals surface area contributed by atoms with E-state index in [4.69, 9.17) is 10.3 Å². The number of nitrogens with one attached hydrogen (secondary N) is 2. The van der Waals surface area contributed by atoms with Gasteiger partial charge in [0, 0.05) is 18.6 Å². The highest BCUT2D eigenvalue weighted by molar-refractivity contribution is 5.88. The number of non-ortho nitro benzene ring substituents is 1. The second-order valence-electron chi connectivity index (χ2n) is 6.13. The predicted molar refractivity (Wildman–Crippen MR) is 84.2 cm³/mol. The van der Waals surface area contributed by atoms with Crippen LogP contribution in [0, 0.1) is 10.1 Å². The summed E-state index contributed by atoms with van der Waals surface area (Å²) in [5, 5.41) is 14.8. The molecule has 0 saturated carbocycles. The molecule has 2 N–H and O–H groups in total. The number of ketones is 1. The van der Waals surface area contributed by atoms with Crippen LogP contribution in [0.2, 0.25) is 0 Å². The van der Waals surface area contributed by atoms with Crippen LogP contribution >= 0.6 is 0 Å². The van der Waals surface area contributed by atoms with Gasteiger partial charge in [0.25, 0.3) is 5.69 Å². The molecular formula is C15H20N4O5. The highest BCUT2D eigenvalue weighted by atomic mass is 16.6. The first-order valence-corrected chi connectivity index (χ1v) is 7.25. The first kappa shape index (κ1) is 19.2. The van der Waals surface area contributed by atoms with Gasteiger partial charge < -0.3 is 20.7 Å². The molecule has 0 spiro atoms. The third-order valence-electron chi connectivity index (χ3n) is 2.92. The zero-order valence-corrected chi connectivity index (χ0v) is 13.7. The van der Waals surface area contributed by atoms with Crippen molar-refractivity contribution in [2.75, 3.05) is 6.54 Å². The van der Waals surface area contributed by atoms with E-state index in [9.17, 15) is 19.7 Å². The molecule has 1 aromatic carbocycles. The summed E-state index contributed by atoms with van der Waals surface area (Å²) in [5.41, 5.74) is 8.51. The van der Waals surface area contributed by atoms with E-state index in [1.165, 1.54) is 24.3 Å². The summed E-state index contributed by atoms with van der Waals surface area (Å²) in [7, 11) is 0. The molecule has 0 saturated heterocycles. The lowest BCUT2D eigenvalue weighted by Crippen LogP contribution is -2.68. The van der Waals surface area contributed by atoms with Gasteiger partial charge in [0.15, 0.2) is 6.54 Å². The second kappa shape index (κ2) is 8.14. The molecule has 0 aliphatic rings. The molecular weight excluding hydrogens is 316 g/mol. The van der Waals surface area contributed by atoms with Gasteiger partial charge >= 0.3 is 6.09 Å². The Bertz CT molecular complexity index is 622. The normalized spacial score (nSPS) is 12.1. The molecule has 1 aromatic rings. The number of amides is 1. The third kappa shape index (κ3) is 6.51. The number of alkyl carbamates (subject to hydrolysis) is 1. The predicted octanol–water partition coefficient (Wildman–Crippen LogP) is 0.702. The number of hydrogen-bond acceptors (Lipinski definition) is 5. The van der Waals surface area contributed by atoms with Gasteiger partial charge in [-0.1, -0.05) is 12.1 Å². The average Bonchev–Trinajstić information content (AvgIpc) is 2.45. The van der Waals surface area contributed by atoms with Crippen molar-refractivity contribution in [3.63, 3.8) is 0 Å². The number of hydrogen-bond donors (Lipinski definition) is 2. The molecule has 24 heavy (non-hydrogen) atoms. The van der Waals surface area contributed by atoms with E-state index in [-0.39, 0.29) is 18.7 Å². The number of Topliss-reactive ketones (excluding diaryl/α,β-unsaturated/α-hetero) is 1. The van der Waals surface area contributed by atoms with Crippen LogP contribution < -0.4 is 10.4 Å². The van der Waals surface area contributed by atoms with Crippen molar-refractivity contribution >= 4 is 17.6 Å². The quantitative estimate of drug-likeness (QED) is 0.429. The van der Waals surface area contributed by atoms with Crippen LogP contribution in [0.15, 0.2) is 24.3 Å². The first-order valence-electron chi connectivity index (χ1n) is 7.25. The minimum atomic E-state index is -0.944. The second-order valence-corrected chi connectivity index (χ2v) is 6.13. The lowest BCUT2D eigenvalue weighted by Gasteiger charge is -2.22. The standard InChI is InChI=1S/C15H20N4O5/c1-15(2,3)24-14(21)18-12(13(20)9-17-16)8-10-4-6-11(7-5-10)19(22)23/h4-7,12,17H,8-9H2,1-3H3,(H,18,21)/t12-/m0/s1. The number of benzene rings is 1. The number of rotatable bonds is 7. The van der Waals surface area contributed by atoms with Gasteiger partial charge in [-0.2, -0.15) is 0 Å².